The zero-order valence-electron chi connectivity index (χ0n) is 9.79. The highest BCUT2D eigenvalue weighted by atomic mass is 35.5. The van der Waals surface area contributed by atoms with Crippen molar-refractivity contribution in [3.63, 3.8) is 0 Å². The third-order valence-electron chi connectivity index (χ3n) is 2.54. The molecule has 0 aromatic heterocycles. The summed E-state index contributed by atoms with van der Waals surface area (Å²) in [5.41, 5.74) is 2.01. The Morgan fingerprint density at radius 1 is 1.05 bits per heavy atom. The van der Waals surface area contributed by atoms with Crippen molar-refractivity contribution >= 4 is 46.4 Å². The molecule has 1 amide bonds. The van der Waals surface area contributed by atoms with Crippen LogP contribution in [0.1, 0.15) is 15.9 Å². The van der Waals surface area contributed by atoms with Crippen molar-refractivity contribution in [3.05, 3.63) is 63.6 Å². The van der Waals surface area contributed by atoms with Crippen LogP contribution >= 0.6 is 34.8 Å². The maximum absolute atomic E-state index is 12.1. The van der Waals surface area contributed by atoms with Crippen molar-refractivity contribution in [2.45, 2.75) is 5.88 Å². The minimum atomic E-state index is -0.300. The highest BCUT2D eigenvalue weighted by Crippen LogP contribution is 2.22. The third-order valence-corrected chi connectivity index (χ3v) is 3.41. The molecule has 0 radical (unpaired) electrons. The van der Waals surface area contributed by atoms with Gasteiger partial charge in [0, 0.05) is 16.6 Å². The van der Waals surface area contributed by atoms with Crippen LogP contribution in [0.15, 0.2) is 42.5 Å². The molecular weight excluding hydrogens is 305 g/mol. The predicted molar refractivity (Wildman–Crippen MR) is 80.4 cm³/mol. The van der Waals surface area contributed by atoms with E-state index in [1.54, 1.807) is 24.3 Å². The lowest BCUT2D eigenvalue weighted by Gasteiger charge is -2.07. The molecule has 2 nitrogen and oxygen atoms in total. The molecule has 2 aromatic rings. The van der Waals surface area contributed by atoms with E-state index in [0.717, 1.165) is 5.56 Å². The molecule has 98 valence electrons. The largest absolute Gasteiger partial charge is 0.322 e. The molecule has 5 heteroatoms. The molecule has 0 heterocycles. The van der Waals surface area contributed by atoms with E-state index in [4.69, 9.17) is 34.8 Å². The smallest absolute Gasteiger partial charge is 0.257 e. The molecule has 0 bridgehead atoms. The van der Waals surface area contributed by atoms with E-state index < -0.39 is 0 Å². The van der Waals surface area contributed by atoms with Gasteiger partial charge in [0.15, 0.2) is 0 Å². The van der Waals surface area contributed by atoms with Gasteiger partial charge < -0.3 is 5.32 Å². The minimum Gasteiger partial charge on any atom is -0.322 e. The summed E-state index contributed by atoms with van der Waals surface area (Å²) in [6, 6.07) is 12.0. The topological polar surface area (TPSA) is 29.1 Å². The second-order valence-electron chi connectivity index (χ2n) is 3.91. The second-order valence-corrected chi connectivity index (χ2v) is 5.02. The fourth-order valence-electron chi connectivity index (χ4n) is 1.55. The first kappa shape index (κ1) is 14.2. The molecule has 0 atom stereocenters. The zero-order valence-corrected chi connectivity index (χ0v) is 12.1. The normalized spacial score (nSPS) is 10.3. The fourth-order valence-corrected chi connectivity index (χ4v) is 2.10. The van der Waals surface area contributed by atoms with E-state index in [1.807, 2.05) is 12.1 Å². The number of hydrogen-bond donors (Lipinski definition) is 1. The maximum Gasteiger partial charge on any atom is 0.257 e. The van der Waals surface area contributed by atoms with Gasteiger partial charge in [0.25, 0.3) is 5.91 Å². The number of nitrogens with one attached hydrogen (secondary N) is 1. The quantitative estimate of drug-likeness (QED) is 0.795. The number of halogens is 3. The molecule has 0 saturated carbocycles. The van der Waals surface area contributed by atoms with E-state index in [-0.39, 0.29) is 5.91 Å². The van der Waals surface area contributed by atoms with Crippen molar-refractivity contribution in [2.24, 2.45) is 0 Å². The van der Waals surface area contributed by atoms with Gasteiger partial charge in [-0.25, -0.2) is 0 Å². The number of alkyl halides is 1. The standard InChI is InChI=1S/C14H10Cl3NO/c15-8-9-1-4-11(5-2-9)18-14(19)12-7-10(16)3-6-13(12)17/h1-7H,8H2,(H,18,19). The van der Waals surface area contributed by atoms with Crippen LogP contribution in [0.2, 0.25) is 10.0 Å². The van der Waals surface area contributed by atoms with Crippen LogP contribution in [0.4, 0.5) is 5.69 Å². The summed E-state index contributed by atoms with van der Waals surface area (Å²) in [7, 11) is 0. The summed E-state index contributed by atoms with van der Waals surface area (Å²) in [6.07, 6.45) is 0. The van der Waals surface area contributed by atoms with Crippen molar-refractivity contribution in [1.82, 2.24) is 0 Å². The third kappa shape index (κ3) is 3.63. The predicted octanol–water partition coefficient (Wildman–Crippen LogP) is 4.98. The number of rotatable bonds is 3. The number of hydrogen-bond acceptors (Lipinski definition) is 1. The summed E-state index contributed by atoms with van der Waals surface area (Å²) < 4.78 is 0. The van der Waals surface area contributed by atoms with Gasteiger partial charge in [-0.1, -0.05) is 35.3 Å². The number of carbonyl (C=O) groups is 1. The van der Waals surface area contributed by atoms with Crippen LogP contribution in [0, 0.1) is 0 Å². The summed E-state index contributed by atoms with van der Waals surface area (Å²) in [5.74, 6) is 0.139. The van der Waals surface area contributed by atoms with E-state index in [9.17, 15) is 4.79 Å². The van der Waals surface area contributed by atoms with Gasteiger partial charge in [-0.3, -0.25) is 4.79 Å². The van der Waals surface area contributed by atoms with Crippen LogP contribution in [0.3, 0.4) is 0 Å². The summed E-state index contributed by atoms with van der Waals surface area (Å²) in [5, 5.41) is 3.58. The minimum absolute atomic E-state index is 0.300. The molecule has 0 fully saturated rings. The summed E-state index contributed by atoms with van der Waals surface area (Å²) in [4.78, 5) is 12.1. The highest BCUT2D eigenvalue weighted by molar-refractivity contribution is 6.36. The molecule has 2 aromatic carbocycles. The Hall–Kier alpha value is -1.22. The Morgan fingerprint density at radius 2 is 1.74 bits per heavy atom. The monoisotopic (exact) mass is 313 g/mol. The Labute approximate surface area is 126 Å². The van der Waals surface area contributed by atoms with Gasteiger partial charge in [-0.2, -0.15) is 0 Å². The van der Waals surface area contributed by atoms with Crippen LogP contribution in [0.5, 0.6) is 0 Å². The lowest BCUT2D eigenvalue weighted by atomic mass is 10.2. The van der Waals surface area contributed by atoms with E-state index >= 15 is 0 Å². The molecule has 1 N–H and O–H groups in total. The van der Waals surface area contributed by atoms with Gasteiger partial charge in [-0.05, 0) is 35.9 Å². The lowest BCUT2D eigenvalue weighted by molar-refractivity contribution is 0.102. The van der Waals surface area contributed by atoms with Crippen LogP contribution in [-0.2, 0) is 5.88 Å². The number of anilines is 1. The van der Waals surface area contributed by atoms with Crippen molar-refractivity contribution in [2.75, 3.05) is 5.32 Å². The van der Waals surface area contributed by atoms with Crippen LogP contribution in [0.25, 0.3) is 0 Å². The zero-order chi connectivity index (χ0) is 13.8. The molecule has 0 aliphatic rings. The average molecular weight is 315 g/mol. The molecule has 0 saturated heterocycles. The molecule has 2 rings (SSSR count). The first-order valence-electron chi connectivity index (χ1n) is 5.51. The fraction of sp³-hybridized carbons (Fsp3) is 0.0714. The van der Waals surface area contributed by atoms with Crippen molar-refractivity contribution in [1.29, 1.82) is 0 Å². The number of amides is 1. The van der Waals surface area contributed by atoms with Gasteiger partial charge in [-0.15, -0.1) is 11.6 Å². The van der Waals surface area contributed by atoms with Crippen molar-refractivity contribution < 1.29 is 4.79 Å². The lowest BCUT2D eigenvalue weighted by Crippen LogP contribution is -2.12. The molecule has 0 aliphatic carbocycles. The Kier molecular flexibility index (Phi) is 4.70. The first-order valence-corrected chi connectivity index (χ1v) is 6.80. The SMILES string of the molecule is O=C(Nc1ccc(CCl)cc1)c1cc(Cl)ccc1Cl. The van der Waals surface area contributed by atoms with Gasteiger partial charge in [0.2, 0.25) is 0 Å². The van der Waals surface area contributed by atoms with Gasteiger partial charge in [0.1, 0.15) is 0 Å². The average Bonchev–Trinajstić information content (AvgIpc) is 2.42. The number of carbonyl (C=O) groups excluding carboxylic acids is 1. The second kappa shape index (κ2) is 6.29. The first-order chi connectivity index (χ1) is 9.10. The maximum atomic E-state index is 12.1. The van der Waals surface area contributed by atoms with E-state index in [2.05, 4.69) is 5.32 Å². The van der Waals surface area contributed by atoms with Crippen molar-refractivity contribution in [3.8, 4) is 0 Å². The van der Waals surface area contributed by atoms with Crippen LogP contribution < -0.4 is 5.32 Å². The summed E-state index contributed by atoms with van der Waals surface area (Å²) in [6.45, 7) is 0. The van der Waals surface area contributed by atoms with Crippen LogP contribution in [-0.4, -0.2) is 5.91 Å². The van der Waals surface area contributed by atoms with E-state index in [0.29, 0.717) is 27.2 Å². The Bertz CT molecular complexity index is 596. The Balaban J connectivity index is 2.18. The molecule has 0 spiro atoms. The molecule has 0 aliphatic heterocycles. The van der Waals surface area contributed by atoms with Gasteiger partial charge in [0.05, 0.1) is 10.6 Å². The Morgan fingerprint density at radius 3 is 2.37 bits per heavy atom. The molecular formula is C14H10Cl3NO. The highest BCUT2D eigenvalue weighted by Gasteiger charge is 2.11. The number of benzene rings is 2. The van der Waals surface area contributed by atoms with E-state index in [1.165, 1.54) is 6.07 Å². The summed E-state index contributed by atoms with van der Waals surface area (Å²) >= 11 is 17.5. The molecule has 0 unspecified atom stereocenters. The molecule has 19 heavy (non-hydrogen) atoms. The van der Waals surface area contributed by atoms with Gasteiger partial charge >= 0.3 is 0 Å².